The van der Waals surface area contributed by atoms with Gasteiger partial charge in [-0.1, -0.05) is 12.1 Å². The molecule has 0 bridgehead atoms. The van der Waals surface area contributed by atoms with Crippen LogP contribution in [0.5, 0.6) is 5.75 Å². The summed E-state index contributed by atoms with van der Waals surface area (Å²) in [7, 11) is 5.76. The first kappa shape index (κ1) is 20.3. The van der Waals surface area contributed by atoms with Gasteiger partial charge in [0.05, 0.1) is 12.8 Å². The van der Waals surface area contributed by atoms with Crippen LogP contribution < -0.4 is 9.64 Å². The molecule has 0 aliphatic carbocycles. The lowest BCUT2D eigenvalue weighted by Gasteiger charge is -2.33. The van der Waals surface area contributed by atoms with Crippen molar-refractivity contribution in [2.24, 2.45) is 0 Å². The Balaban J connectivity index is 1.57. The highest BCUT2D eigenvalue weighted by Crippen LogP contribution is 2.30. The first-order valence-corrected chi connectivity index (χ1v) is 10.4. The highest BCUT2D eigenvalue weighted by atomic mass is 16.5. The predicted molar refractivity (Wildman–Crippen MR) is 120 cm³/mol. The summed E-state index contributed by atoms with van der Waals surface area (Å²) >= 11 is 0. The molecule has 6 nitrogen and oxygen atoms in total. The minimum Gasteiger partial charge on any atom is -0.497 e. The maximum Gasteiger partial charge on any atom is 0.163 e. The van der Waals surface area contributed by atoms with Crippen molar-refractivity contribution in [3.8, 4) is 17.1 Å². The van der Waals surface area contributed by atoms with Crippen molar-refractivity contribution in [2.75, 3.05) is 39.2 Å². The average molecular weight is 404 g/mol. The number of pyridine rings is 1. The van der Waals surface area contributed by atoms with Crippen molar-refractivity contribution in [3.63, 3.8) is 0 Å². The maximum absolute atomic E-state index is 5.38. The Morgan fingerprint density at radius 1 is 1.13 bits per heavy atom. The minimum absolute atomic E-state index is 0.390. The van der Waals surface area contributed by atoms with Crippen LogP contribution in [0.15, 0.2) is 54.9 Å². The largest absolute Gasteiger partial charge is 0.497 e. The number of nitrogens with zero attached hydrogens (tertiary/aromatic N) is 5. The van der Waals surface area contributed by atoms with Crippen LogP contribution in [0.3, 0.4) is 0 Å². The molecule has 6 heteroatoms. The minimum atomic E-state index is 0.390. The standard InChI is InChI=1S/C24H29N5O/c1-28(2)23-14-22(26-24(27-23)19-8-5-11-25-15-19)20-9-6-12-29(17-20)16-18-7-4-10-21(13-18)30-3/h4-5,7-8,10-11,13-15,20H,6,9,12,16-17H2,1-3H3/t20-/m1/s1. The molecular weight excluding hydrogens is 374 g/mol. The van der Waals surface area contributed by atoms with Gasteiger partial charge in [-0.05, 0) is 49.2 Å². The molecule has 1 atom stereocenters. The number of methoxy groups -OCH3 is 1. The molecule has 0 spiro atoms. The van der Waals surface area contributed by atoms with Gasteiger partial charge < -0.3 is 9.64 Å². The van der Waals surface area contributed by atoms with Crippen LogP contribution in [0.25, 0.3) is 11.4 Å². The van der Waals surface area contributed by atoms with E-state index in [1.165, 1.54) is 5.56 Å². The molecular formula is C24H29N5O. The monoisotopic (exact) mass is 403 g/mol. The van der Waals surface area contributed by atoms with Gasteiger partial charge in [-0.25, -0.2) is 9.97 Å². The van der Waals surface area contributed by atoms with Crippen molar-refractivity contribution < 1.29 is 4.74 Å². The number of anilines is 1. The second-order valence-electron chi connectivity index (χ2n) is 8.04. The van der Waals surface area contributed by atoms with Gasteiger partial charge >= 0.3 is 0 Å². The molecule has 1 aliphatic heterocycles. The van der Waals surface area contributed by atoms with Crippen molar-refractivity contribution in [1.29, 1.82) is 0 Å². The quantitative estimate of drug-likeness (QED) is 0.620. The topological polar surface area (TPSA) is 54.4 Å². The number of hydrogen-bond donors (Lipinski definition) is 0. The number of hydrogen-bond acceptors (Lipinski definition) is 6. The van der Waals surface area contributed by atoms with Gasteiger partial charge in [0.2, 0.25) is 0 Å². The van der Waals surface area contributed by atoms with Gasteiger partial charge in [-0.2, -0.15) is 0 Å². The zero-order chi connectivity index (χ0) is 20.9. The summed E-state index contributed by atoms with van der Waals surface area (Å²) in [5.41, 5.74) is 3.34. The maximum atomic E-state index is 5.38. The lowest BCUT2D eigenvalue weighted by Crippen LogP contribution is -2.34. The second-order valence-corrected chi connectivity index (χ2v) is 8.04. The Bertz CT molecular complexity index is 976. The molecule has 1 aliphatic rings. The Labute approximate surface area is 178 Å². The molecule has 0 amide bonds. The predicted octanol–water partition coefficient (Wildman–Crippen LogP) is 3.99. The Morgan fingerprint density at radius 2 is 2.03 bits per heavy atom. The van der Waals surface area contributed by atoms with E-state index in [-0.39, 0.29) is 0 Å². The Morgan fingerprint density at radius 3 is 2.80 bits per heavy atom. The third-order valence-corrected chi connectivity index (χ3v) is 5.57. The summed E-state index contributed by atoms with van der Waals surface area (Å²) in [6, 6.07) is 14.4. The van der Waals surface area contributed by atoms with Crippen LogP contribution in [0.2, 0.25) is 0 Å². The van der Waals surface area contributed by atoms with Gasteiger partial charge in [0.25, 0.3) is 0 Å². The van der Waals surface area contributed by atoms with Crippen LogP contribution in [-0.4, -0.2) is 54.1 Å². The summed E-state index contributed by atoms with van der Waals surface area (Å²) in [6.45, 7) is 3.02. The molecule has 3 aromatic rings. The number of piperidine rings is 1. The molecule has 30 heavy (non-hydrogen) atoms. The molecule has 4 rings (SSSR count). The number of ether oxygens (including phenoxy) is 1. The summed E-state index contributed by atoms with van der Waals surface area (Å²) in [4.78, 5) is 18.5. The lowest BCUT2D eigenvalue weighted by atomic mass is 9.94. The fourth-order valence-electron chi connectivity index (χ4n) is 3.98. The third kappa shape index (κ3) is 4.76. The van der Waals surface area contributed by atoms with E-state index >= 15 is 0 Å². The van der Waals surface area contributed by atoms with E-state index in [9.17, 15) is 0 Å². The summed E-state index contributed by atoms with van der Waals surface area (Å²) in [5.74, 6) is 2.98. The van der Waals surface area contributed by atoms with Crippen LogP contribution >= 0.6 is 0 Å². The zero-order valence-corrected chi connectivity index (χ0v) is 18.0. The molecule has 0 unspecified atom stereocenters. The van der Waals surface area contributed by atoms with Crippen LogP contribution in [0, 0.1) is 0 Å². The first-order valence-electron chi connectivity index (χ1n) is 10.4. The van der Waals surface area contributed by atoms with E-state index in [4.69, 9.17) is 14.7 Å². The fourth-order valence-corrected chi connectivity index (χ4v) is 3.98. The van der Waals surface area contributed by atoms with E-state index in [0.29, 0.717) is 5.92 Å². The number of aromatic nitrogens is 3. The van der Waals surface area contributed by atoms with Gasteiger partial charge in [-0.15, -0.1) is 0 Å². The van der Waals surface area contributed by atoms with E-state index < -0.39 is 0 Å². The summed E-state index contributed by atoms with van der Waals surface area (Å²) < 4.78 is 5.38. The number of benzene rings is 1. The summed E-state index contributed by atoms with van der Waals surface area (Å²) in [5, 5.41) is 0. The second kappa shape index (κ2) is 9.22. The van der Waals surface area contributed by atoms with Crippen LogP contribution in [-0.2, 0) is 6.54 Å². The normalized spacial score (nSPS) is 17.0. The van der Waals surface area contributed by atoms with E-state index in [0.717, 1.165) is 61.1 Å². The smallest absolute Gasteiger partial charge is 0.163 e. The fraction of sp³-hybridized carbons (Fsp3) is 0.375. The zero-order valence-electron chi connectivity index (χ0n) is 18.0. The highest BCUT2D eigenvalue weighted by molar-refractivity contribution is 5.56. The Kier molecular flexibility index (Phi) is 6.23. The molecule has 1 aromatic carbocycles. The van der Waals surface area contributed by atoms with Crippen molar-refractivity contribution >= 4 is 5.82 Å². The Hall–Kier alpha value is -2.99. The highest BCUT2D eigenvalue weighted by Gasteiger charge is 2.24. The van der Waals surface area contributed by atoms with Gasteiger partial charge in [0, 0.05) is 57.1 Å². The van der Waals surface area contributed by atoms with Crippen LogP contribution in [0.1, 0.15) is 30.0 Å². The number of likely N-dealkylation sites (tertiary alicyclic amines) is 1. The van der Waals surface area contributed by atoms with Crippen molar-refractivity contribution in [3.05, 3.63) is 66.1 Å². The average Bonchev–Trinajstić information content (AvgIpc) is 2.79. The molecule has 0 radical (unpaired) electrons. The third-order valence-electron chi connectivity index (χ3n) is 5.57. The molecule has 1 fully saturated rings. The van der Waals surface area contributed by atoms with Gasteiger partial charge in [0.1, 0.15) is 11.6 Å². The van der Waals surface area contributed by atoms with Gasteiger partial charge in [0.15, 0.2) is 5.82 Å². The summed E-state index contributed by atoms with van der Waals surface area (Å²) in [6.07, 6.45) is 5.91. The molecule has 0 saturated carbocycles. The van der Waals surface area contributed by atoms with Crippen LogP contribution in [0.4, 0.5) is 5.82 Å². The lowest BCUT2D eigenvalue weighted by molar-refractivity contribution is 0.198. The molecule has 0 N–H and O–H groups in total. The van der Waals surface area contributed by atoms with Gasteiger partial charge in [-0.3, -0.25) is 9.88 Å². The first-order chi connectivity index (χ1) is 14.6. The molecule has 156 valence electrons. The van der Waals surface area contributed by atoms with Crippen molar-refractivity contribution in [1.82, 2.24) is 19.9 Å². The van der Waals surface area contributed by atoms with Crippen molar-refractivity contribution in [2.45, 2.75) is 25.3 Å². The van der Waals surface area contributed by atoms with E-state index in [1.807, 2.05) is 43.4 Å². The molecule has 2 aromatic heterocycles. The SMILES string of the molecule is COc1cccc(CN2CCC[C@@H](c3cc(N(C)C)nc(-c4cccnc4)n3)C2)c1. The molecule has 3 heterocycles. The van der Waals surface area contributed by atoms with E-state index in [2.05, 4.69) is 34.1 Å². The molecule has 1 saturated heterocycles. The van der Waals surface area contributed by atoms with E-state index in [1.54, 1.807) is 13.3 Å². The number of rotatable bonds is 6.